The third-order valence-corrected chi connectivity index (χ3v) is 1.43. The van der Waals surface area contributed by atoms with Gasteiger partial charge in [0.2, 0.25) is 0 Å². The Morgan fingerprint density at radius 3 is 2.80 bits per heavy atom. The molecule has 0 unspecified atom stereocenters. The van der Waals surface area contributed by atoms with Gasteiger partial charge >= 0.3 is 12.1 Å². The van der Waals surface area contributed by atoms with Crippen LogP contribution in [0.25, 0.3) is 0 Å². The highest BCUT2D eigenvalue weighted by Crippen LogP contribution is 2.17. The highest BCUT2D eigenvalue weighted by molar-refractivity contribution is 5.87. The first-order valence-corrected chi connectivity index (χ1v) is 4.06. The van der Waals surface area contributed by atoms with E-state index >= 15 is 0 Å². The van der Waals surface area contributed by atoms with Crippen LogP contribution in [0.15, 0.2) is 6.20 Å². The third-order valence-electron chi connectivity index (χ3n) is 1.43. The van der Waals surface area contributed by atoms with Crippen molar-refractivity contribution >= 4 is 5.97 Å². The van der Waals surface area contributed by atoms with Gasteiger partial charge in [0.05, 0.1) is 12.8 Å². The minimum atomic E-state index is -4.45. The Hall–Kier alpha value is -1.60. The van der Waals surface area contributed by atoms with Gasteiger partial charge in [-0.2, -0.15) is 13.2 Å². The van der Waals surface area contributed by atoms with E-state index in [-0.39, 0.29) is 12.3 Å². The van der Waals surface area contributed by atoms with Gasteiger partial charge in [-0.25, -0.2) is 9.48 Å². The summed E-state index contributed by atoms with van der Waals surface area (Å²) in [5, 5.41) is 6.37. The summed E-state index contributed by atoms with van der Waals surface area (Å²) in [4.78, 5) is 11.1. The van der Waals surface area contributed by atoms with Crippen molar-refractivity contribution in [3.05, 3.63) is 11.9 Å². The maximum atomic E-state index is 12.0. The number of esters is 1. The van der Waals surface area contributed by atoms with E-state index in [2.05, 4.69) is 15.0 Å². The minimum Gasteiger partial charge on any atom is -0.461 e. The summed E-state index contributed by atoms with van der Waals surface area (Å²) < 4.78 is 41.0. The predicted octanol–water partition coefficient (Wildman–Crippen LogP) is 1.02. The van der Waals surface area contributed by atoms with Crippen molar-refractivity contribution in [3.8, 4) is 0 Å². The van der Waals surface area contributed by atoms with Gasteiger partial charge in [-0.15, -0.1) is 5.10 Å². The van der Waals surface area contributed by atoms with E-state index in [0.717, 1.165) is 6.20 Å². The zero-order chi connectivity index (χ0) is 11.5. The van der Waals surface area contributed by atoms with Crippen LogP contribution >= 0.6 is 0 Å². The lowest BCUT2D eigenvalue weighted by Gasteiger charge is -2.07. The first-order valence-electron chi connectivity index (χ1n) is 4.06. The van der Waals surface area contributed by atoms with Crippen LogP contribution in [-0.4, -0.2) is 33.7 Å². The Morgan fingerprint density at radius 2 is 2.27 bits per heavy atom. The largest absolute Gasteiger partial charge is 0.461 e. The summed E-state index contributed by atoms with van der Waals surface area (Å²) in [6.45, 7) is 0.271. The molecule has 84 valence electrons. The molecule has 15 heavy (non-hydrogen) atoms. The average molecular weight is 223 g/mol. The molecule has 0 radical (unpaired) electrons. The van der Waals surface area contributed by atoms with Gasteiger partial charge in [-0.3, -0.25) is 0 Å². The van der Waals surface area contributed by atoms with E-state index in [1.165, 1.54) is 0 Å². The summed E-state index contributed by atoms with van der Waals surface area (Å²) >= 11 is 0. The normalized spacial score (nSPS) is 11.5. The Morgan fingerprint density at radius 1 is 1.60 bits per heavy atom. The third kappa shape index (κ3) is 3.22. The molecule has 1 heterocycles. The van der Waals surface area contributed by atoms with Gasteiger partial charge in [-0.05, 0) is 6.92 Å². The predicted molar refractivity (Wildman–Crippen MR) is 42.0 cm³/mol. The second kappa shape index (κ2) is 4.28. The number of alkyl halides is 3. The summed E-state index contributed by atoms with van der Waals surface area (Å²) in [6.07, 6.45) is -3.52. The van der Waals surface area contributed by atoms with E-state index in [1.807, 2.05) is 0 Å². The lowest BCUT2D eigenvalue weighted by molar-refractivity contribution is -0.143. The highest BCUT2D eigenvalue weighted by Gasteiger charge is 2.31. The molecule has 1 rings (SSSR count). The van der Waals surface area contributed by atoms with Crippen molar-refractivity contribution in [1.29, 1.82) is 0 Å². The number of aromatic nitrogens is 3. The summed E-state index contributed by atoms with van der Waals surface area (Å²) in [6, 6.07) is 0. The van der Waals surface area contributed by atoms with Gasteiger partial charge < -0.3 is 4.74 Å². The Labute approximate surface area is 82.8 Å². The monoisotopic (exact) mass is 223 g/mol. The van der Waals surface area contributed by atoms with E-state index < -0.39 is 18.7 Å². The van der Waals surface area contributed by atoms with Gasteiger partial charge in [0.15, 0.2) is 5.69 Å². The van der Waals surface area contributed by atoms with Crippen molar-refractivity contribution in [1.82, 2.24) is 15.0 Å². The maximum absolute atomic E-state index is 12.0. The lowest BCUT2D eigenvalue weighted by atomic mass is 10.4. The maximum Gasteiger partial charge on any atom is 0.408 e. The molecule has 0 aliphatic heterocycles. The van der Waals surface area contributed by atoms with E-state index in [0.29, 0.717) is 4.68 Å². The van der Waals surface area contributed by atoms with Crippen molar-refractivity contribution in [3.63, 3.8) is 0 Å². The molecular formula is C7H8F3N3O2. The zero-order valence-corrected chi connectivity index (χ0v) is 7.78. The molecule has 0 aliphatic carbocycles. The number of hydrogen-bond acceptors (Lipinski definition) is 4. The standard InChI is InChI=1S/C7H8F3N3O2/c1-2-15-6(14)5-3-11-12-13(5)4-7(8,9)10/h3H,2,4H2,1H3. The van der Waals surface area contributed by atoms with Crippen LogP contribution < -0.4 is 0 Å². The van der Waals surface area contributed by atoms with E-state index in [1.54, 1.807) is 6.92 Å². The molecule has 0 saturated heterocycles. The van der Waals surface area contributed by atoms with Crippen LogP contribution in [0.5, 0.6) is 0 Å². The molecule has 0 bridgehead atoms. The molecule has 8 heteroatoms. The number of carbonyl (C=O) groups excluding carboxylic acids is 1. The van der Waals surface area contributed by atoms with Crippen LogP contribution in [0, 0.1) is 0 Å². The fourth-order valence-corrected chi connectivity index (χ4v) is 0.907. The van der Waals surface area contributed by atoms with Gasteiger partial charge in [-0.1, -0.05) is 5.21 Å². The van der Waals surface area contributed by atoms with Crippen molar-refractivity contribution in [2.45, 2.75) is 19.6 Å². The number of halogens is 3. The first-order chi connectivity index (χ1) is 6.94. The molecule has 0 atom stereocenters. The van der Waals surface area contributed by atoms with Crippen molar-refractivity contribution in [2.24, 2.45) is 0 Å². The topological polar surface area (TPSA) is 57.0 Å². The summed E-state index contributed by atoms with van der Waals surface area (Å²) in [7, 11) is 0. The molecule has 0 fully saturated rings. The molecule has 0 aromatic carbocycles. The molecule has 0 spiro atoms. The summed E-state index contributed by atoms with van der Waals surface area (Å²) in [5.74, 6) is -0.869. The Kier molecular flexibility index (Phi) is 3.28. The molecule has 0 aliphatic rings. The number of hydrogen-bond donors (Lipinski definition) is 0. The van der Waals surface area contributed by atoms with Crippen LogP contribution in [0.3, 0.4) is 0 Å². The molecule has 5 nitrogen and oxygen atoms in total. The zero-order valence-electron chi connectivity index (χ0n) is 7.78. The first kappa shape index (κ1) is 11.5. The van der Waals surface area contributed by atoms with Crippen LogP contribution in [0.2, 0.25) is 0 Å². The smallest absolute Gasteiger partial charge is 0.408 e. The number of nitrogens with zero attached hydrogens (tertiary/aromatic N) is 3. The molecular weight excluding hydrogens is 215 g/mol. The van der Waals surface area contributed by atoms with Crippen LogP contribution in [-0.2, 0) is 11.3 Å². The fourth-order valence-electron chi connectivity index (χ4n) is 0.907. The van der Waals surface area contributed by atoms with Crippen molar-refractivity contribution in [2.75, 3.05) is 6.61 Å². The average Bonchev–Trinajstić information content (AvgIpc) is 2.49. The number of rotatable bonds is 3. The Balaban J connectivity index is 2.82. The lowest BCUT2D eigenvalue weighted by Crippen LogP contribution is -2.22. The molecule has 0 saturated carbocycles. The number of ether oxygens (including phenoxy) is 1. The minimum absolute atomic E-state index is 0.0794. The van der Waals surface area contributed by atoms with E-state index in [4.69, 9.17) is 0 Å². The van der Waals surface area contributed by atoms with Crippen molar-refractivity contribution < 1.29 is 22.7 Å². The van der Waals surface area contributed by atoms with Crippen LogP contribution in [0.4, 0.5) is 13.2 Å². The highest BCUT2D eigenvalue weighted by atomic mass is 19.4. The molecule has 0 N–H and O–H groups in total. The SMILES string of the molecule is CCOC(=O)c1cnnn1CC(F)(F)F. The van der Waals surface area contributed by atoms with Gasteiger partial charge in [0, 0.05) is 0 Å². The Bertz CT molecular complexity index is 347. The quantitative estimate of drug-likeness (QED) is 0.718. The molecule has 1 aromatic heterocycles. The second-order valence-electron chi connectivity index (χ2n) is 2.61. The van der Waals surface area contributed by atoms with Gasteiger partial charge in [0.25, 0.3) is 0 Å². The molecule has 0 amide bonds. The van der Waals surface area contributed by atoms with Crippen LogP contribution in [0.1, 0.15) is 17.4 Å². The summed E-state index contributed by atoms with van der Waals surface area (Å²) in [5.41, 5.74) is -0.311. The number of carbonyl (C=O) groups is 1. The van der Waals surface area contributed by atoms with Gasteiger partial charge in [0.1, 0.15) is 6.54 Å². The fraction of sp³-hybridized carbons (Fsp3) is 0.571. The second-order valence-corrected chi connectivity index (χ2v) is 2.61. The van der Waals surface area contributed by atoms with E-state index in [9.17, 15) is 18.0 Å². The molecule has 1 aromatic rings.